The zero-order valence-electron chi connectivity index (χ0n) is 12.1. The Balaban J connectivity index is 1.98. The predicted molar refractivity (Wildman–Crippen MR) is 85.3 cm³/mol. The first-order valence-electron chi connectivity index (χ1n) is 6.75. The maximum Gasteiger partial charge on any atom is 0.118 e. The Labute approximate surface area is 124 Å². The van der Waals surface area contributed by atoms with Gasteiger partial charge in [0.25, 0.3) is 0 Å². The smallest absolute Gasteiger partial charge is 0.118 e. The van der Waals surface area contributed by atoms with Crippen LogP contribution in [0.25, 0.3) is 0 Å². The molecular formula is C16H22N2OS. The van der Waals surface area contributed by atoms with Crippen LogP contribution in [0.4, 0.5) is 0 Å². The molecule has 0 saturated heterocycles. The first kappa shape index (κ1) is 15.0. The summed E-state index contributed by atoms with van der Waals surface area (Å²) in [5.41, 5.74) is 7.13. The highest BCUT2D eigenvalue weighted by Crippen LogP contribution is 2.18. The Morgan fingerprint density at radius 3 is 2.55 bits per heavy atom. The van der Waals surface area contributed by atoms with E-state index in [2.05, 4.69) is 41.9 Å². The van der Waals surface area contributed by atoms with Gasteiger partial charge in [-0.3, -0.25) is 0 Å². The summed E-state index contributed by atoms with van der Waals surface area (Å²) in [4.78, 5) is 1.33. The minimum atomic E-state index is -0.0986. The second kappa shape index (κ2) is 6.88. The lowest BCUT2D eigenvalue weighted by Gasteiger charge is -2.29. The van der Waals surface area contributed by atoms with Crippen molar-refractivity contribution in [3.05, 3.63) is 52.2 Å². The molecule has 1 aromatic carbocycles. The van der Waals surface area contributed by atoms with Crippen molar-refractivity contribution in [2.75, 3.05) is 13.7 Å². The van der Waals surface area contributed by atoms with Crippen molar-refractivity contribution in [1.29, 1.82) is 0 Å². The minimum absolute atomic E-state index is 0.0986. The zero-order valence-corrected chi connectivity index (χ0v) is 12.9. The van der Waals surface area contributed by atoms with Gasteiger partial charge in [0.1, 0.15) is 5.75 Å². The van der Waals surface area contributed by atoms with Gasteiger partial charge in [-0.25, -0.2) is 0 Å². The fourth-order valence-electron chi connectivity index (χ4n) is 2.11. The number of thiophene rings is 1. The quantitative estimate of drug-likeness (QED) is 0.824. The SMILES string of the molecule is COc1ccc(CC(C)(CN)NCc2cccs2)cc1. The number of benzene rings is 1. The van der Waals surface area contributed by atoms with E-state index in [9.17, 15) is 0 Å². The predicted octanol–water partition coefficient (Wildman–Crippen LogP) is 2.81. The van der Waals surface area contributed by atoms with Crippen molar-refractivity contribution in [3.8, 4) is 5.75 Å². The van der Waals surface area contributed by atoms with Gasteiger partial charge in [0.2, 0.25) is 0 Å². The summed E-state index contributed by atoms with van der Waals surface area (Å²) in [6, 6.07) is 12.4. The standard InChI is InChI=1S/C16H22N2OS/c1-16(12-17,18-11-15-4-3-9-20-15)10-13-5-7-14(19-2)8-6-13/h3-9,18H,10-12,17H2,1-2H3. The normalized spacial score (nSPS) is 13.9. The molecule has 1 heterocycles. The summed E-state index contributed by atoms with van der Waals surface area (Å²) in [6.45, 7) is 3.64. The van der Waals surface area contributed by atoms with Crippen molar-refractivity contribution in [2.45, 2.75) is 25.4 Å². The van der Waals surface area contributed by atoms with Gasteiger partial charge in [0, 0.05) is 23.5 Å². The maximum atomic E-state index is 5.97. The lowest BCUT2D eigenvalue weighted by Crippen LogP contribution is -2.49. The summed E-state index contributed by atoms with van der Waals surface area (Å²) in [6.07, 6.45) is 0.902. The first-order chi connectivity index (χ1) is 9.65. The topological polar surface area (TPSA) is 47.3 Å². The second-order valence-electron chi connectivity index (χ2n) is 5.22. The van der Waals surface area contributed by atoms with E-state index in [4.69, 9.17) is 10.5 Å². The number of rotatable bonds is 7. The van der Waals surface area contributed by atoms with Gasteiger partial charge in [0.05, 0.1) is 7.11 Å². The van der Waals surface area contributed by atoms with Crippen molar-refractivity contribution in [1.82, 2.24) is 5.32 Å². The van der Waals surface area contributed by atoms with Crippen molar-refractivity contribution in [2.24, 2.45) is 5.73 Å². The van der Waals surface area contributed by atoms with Crippen LogP contribution in [0, 0.1) is 0 Å². The Kier molecular flexibility index (Phi) is 5.17. The third kappa shape index (κ3) is 4.07. The molecule has 0 amide bonds. The molecule has 1 atom stereocenters. The summed E-state index contributed by atoms with van der Waals surface area (Å²) in [5, 5.41) is 5.68. The van der Waals surface area contributed by atoms with Crippen LogP contribution in [0.5, 0.6) is 5.75 Å². The van der Waals surface area contributed by atoms with Gasteiger partial charge < -0.3 is 15.8 Å². The van der Waals surface area contributed by atoms with Gasteiger partial charge in [0.15, 0.2) is 0 Å². The van der Waals surface area contributed by atoms with E-state index in [0.717, 1.165) is 18.7 Å². The summed E-state index contributed by atoms with van der Waals surface area (Å²) >= 11 is 1.77. The Morgan fingerprint density at radius 1 is 1.25 bits per heavy atom. The highest BCUT2D eigenvalue weighted by molar-refractivity contribution is 7.09. The molecule has 0 saturated carbocycles. The van der Waals surface area contributed by atoms with Crippen LogP contribution < -0.4 is 15.8 Å². The van der Waals surface area contributed by atoms with Gasteiger partial charge in [-0.05, 0) is 42.5 Å². The van der Waals surface area contributed by atoms with Gasteiger partial charge in [-0.2, -0.15) is 0 Å². The molecule has 0 aliphatic carbocycles. The lowest BCUT2D eigenvalue weighted by molar-refractivity contribution is 0.360. The fraction of sp³-hybridized carbons (Fsp3) is 0.375. The Hall–Kier alpha value is -1.36. The lowest BCUT2D eigenvalue weighted by atomic mass is 9.92. The number of hydrogen-bond donors (Lipinski definition) is 2. The summed E-state index contributed by atoms with van der Waals surface area (Å²) < 4.78 is 5.18. The van der Waals surface area contributed by atoms with E-state index >= 15 is 0 Å². The number of ether oxygens (including phenoxy) is 1. The molecular weight excluding hydrogens is 268 g/mol. The van der Waals surface area contributed by atoms with E-state index in [1.807, 2.05) is 12.1 Å². The first-order valence-corrected chi connectivity index (χ1v) is 7.63. The van der Waals surface area contributed by atoms with Gasteiger partial charge >= 0.3 is 0 Å². The molecule has 0 radical (unpaired) electrons. The van der Waals surface area contributed by atoms with E-state index < -0.39 is 0 Å². The van der Waals surface area contributed by atoms with Crippen LogP contribution in [-0.4, -0.2) is 19.2 Å². The van der Waals surface area contributed by atoms with E-state index in [1.54, 1.807) is 18.4 Å². The third-order valence-electron chi connectivity index (χ3n) is 3.47. The molecule has 4 heteroatoms. The maximum absolute atomic E-state index is 5.97. The molecule has 0 fully saturated rings. The highest BCUT2D eigenvalue weighted by atomic mass is 32.1. The van der Waals surface area contributed by atoms with E-state index in [0.29, 0.717) is 6.54 Å². The summed E-state index contributed by atoms with van der Waals surface area (Å²) in [5.74, 6) is 0.884. The number of nitrogens with one attached hydrogen (secondary N) is 1. The molecule has 0 bridgehead atoms. The molecule has 2 rings (SSSR count). The molecule has 0 aliphatic heterocycles. The fourth-order valence-corrected chi connectivity index (χ4v) is 2.76. The number of methoxy groups -OCH3 is 1. The van der Waals surface area contributed by atoms with Crippen molar-refractivity contribution < 1.29 is 4.74 Å². The number of hydrogen-bond acceptors (Lipinski definition) is 4. The van der Waals surface area contributed by atoms with Crippen molar-refractivity contribution in [3.63, 3.8) is 0 Å². The Morgan fingerprint density at radius 2 is 2.00 bits per heavy atom. The average Bonchev–Trinajstić information content (AvgIpc) is 2.99. The van der Waals surface area contributed by atoms with Crippen LogP contribution >= 0.6 is 11.3 Å². The van der Waals surface area contributed by atoms with Gasteiger partial charge in [-0.1, -0.05) is 18.2 Å². The zero-order chi connectivity index (χ0) is 14.4. The number of nitrogens with two attached hydrogens (primary N) is 1. The van der Waals surface area contributed by atoms with Crippen LogP contribution in [0.1, 0.15) is 17.4 Å². The molecule has 20 heavy (non-hydrogen) atoms. The van der Waals surface area contributed by atoms with Crippen LogP contribution in [-0.2, 0) is 13.0 Å². The van der Waals surface area contributed by atoms with Crippen LogP contribution in [0.2, 0.25) is 0 Å². The molecule has 108 valence electrons. The second-order valence-corrected chi connectivity index (χ2v) is 6.25. The molecule has 0 aliphatic rings. The van der Waals surface area contributed by atoms with Crippen LogP contribution in [0.3, 0.4) is 0 Å². The summed E-state index contributed by atoms with van der Waals surface area (Å²) in [7, 11) is 1.68. The molecule has 0 spiro atoms. The van der Waals surface area contributed by atoms with E-state index in [1.165, 1.54) is 10.4 Å². The van der Waals surface area contributed by atoms with Crippen LogP contribution in [0.15, 0.2) is 41.8 Å². The van der Waals surface area contributed by atoms with Gasteiger partial charge in [-0.15, -0.1) is 11.3 Å². The molecule has 3 nitrogen and oxygen atoms in total. The molecule has 1 unspecified atom stereocenters. The molecule has 2 aromatic rings. The highest BCUT2D eigenvalue weighted by Gasteiger charge is 2.22. The molecule has 3 N–H and O–H groups in total. The largest absolute Gasteiger partial charge is 0.497 e. The third-order valence-corrected chi connectivity index (χ3v) is 4.35. The van der Waals surface area contributed by atoms with Crippen molar-refractivity contribution >= 4 is 11.3 Å². The molecule has 1 aromatic heterocycles. The Bertz CT molecular complexity index is 510. The average molecular weight is 290 g/mol. The monoisotopic (exact) mass is 290 g/mol. The van der Waals surface area contributed by atoms with E-state index in [-0.39, 0.29) is 5.54 Å². The minimum Gasteiger partial charge on any atom is -0.497 e.